The third kappa shape index (κ3) is 2.85. The van der Waals surface area contributed by atoms with E-state index >= 15 is 0 Å². The molecule has 2 aromatic rings. The molecule has 2 nitrogen and oxygen atoms in total. The Hall–Kier alpha value is -2.23. The van der Waals surface area contributed by atoms with E-state index in [1.165, 1.54) is 0 Å². The lowest BCUT2D eigenvalue weighted by molar-refractivity contribution is 0.112. The molecule has 0 amide bonds. The Morgan fingerprint density at radius 2 is 1.65 bits per heavy atom. The van der Waals surface area contributed by atoms with Gasteiger partial charge in [-0.25, -0.2) is 8.78 Å². The van der Waals surface area contributed by atoms with E-state index in [9.17, 15) is 13.6 Å². The standard InChI is InChI=1S/C16H14F2O2/c1-10-4-3-5-11(2)13(10)9-20-16-14(17)6-12(8-19)7-15(16)18/h3-8H,9H2,1-2H3. The number of carbonyl (C=O) groups is 1. The molecule has 0 aliphatic carbocycles. The number of ether oxygens (including phenoxy) is 1. The van der Waals surface area contributed by atoms with Crippen LogP contribution in [0.15, 0.2) is 30.3 Å². The predicted molar refractivity (Wildman–Crippen MR) is 72.0 cm³/mol. The zero-order chi connectivity index (χ0) is 14.7. The molecule has 0 spiro atoms. The third-order valence-corrected chi connectivity index (χ3v) is 3.16. The average Bonchev–Trinajstić information content (AvgIpc) is 2.40. The summed E-state index contributed by atoms with van der Waals surface area (Å²) in [7, 11) is 0. The lowest BCUT2D eigenvalue weighted by atomic mass is 10.0. The fourth-order valence-electron chi connectivity index (χ4n) is 2.01. The molecule has 104 valence electrons. The Labute approximate surface area is 116 Å². The van der Waals surface area contributed by atoms with Crippen molar-refractivity contribution >= 4 is 6.29 Å². The Morgan fingerprint density at radius 1 is 1.10 bits per heavy atom. The summed E-state index contributed by atoms with van der Waals surface area (Å²) >= 11 is 0. The molecule has 0 saturated heterocycles. The normalized spacial score (nSPS) is 10.4. The molecule has 0 aliphatic heterocycles. The second-order valence-corrected chi connectivity index (χ2v) is 4.59. The first-order valence-corrected chi connectivity index (χ1v) is 6.15. The molecule has 0 N–H and O–H groups in total. The topological polar surface area (TPSA) is 26.3 Å². The number of aryl methyl sites for hydroxylation is 2. The van der Waals surface area contributed by atoms with Crippen LogP contribution < -0.4 is 4.74 Å². The van der Waals surface area contributed by atoms with Crippen molar-refractivity contribution in [1.82, 2.24) is 0 Å². The van der Waals surface area contributed by atoms with Crippen molar-refractivity contribution in [2.24, 2.45) is 0 Å². The molecule has 20 heavy (non-hydrogen) atoms. The third-order valence-electron chi connectivity index (χ3n) is 3.16. The molecule has 4 heteroatoms. The molecule has 2 aromatic carbocycles. The number of halogens is 2. The van der Waals surface area contributed by atoms with E-state index in [0.717, 1.165) is 28.8 Å². The van der Waals surface area contributed by atoms with E-state index in [0.29, 0.717) is 6.29 Å². The van der Waals surface area contributed by atoms with Crippen LogP contribution in [0.1, 0.15) is 27.0 Å². The molecule has 0 aliphatic rings. The first-order valence-electron chi connectivity index (χ1n) is 6.15. The van der Waals surface area contributed by atoms with Crippen molar-refractivity contribution in [1.29, 1.82) is 0 Å². The zero-order valence-electron chi connectivity index (χ0n) is 11.2. The first kappa shape index (κ1) is 14.2. The van der Waals surface area contributed by atoms with Gasteiger partial charge in [-0.15, -0.1) is 0 Å². The molecule has 0 saturated carbocycles. The maximum absolute atomic E-state index is 13.7. The molecule has 0 heterocycles. The lowest BCUT2D eigenvalue weighted by Crippen LogP contribution is -2.04. The average molecular weight is 276 g/mol. The fraction of sp³-hybridized carbons (Fsp3) is 0.188. The largest absolute Gasteiger partial charge is 0.483 e. The molecular formula is C16H14F2O2. The van der Waals surface area contributed by atoms with Crippen LogP contribution in [-0.2, 0) is 6.61 Å². The van der Waals surface area contributed by atoms with Crippen LogP contribution in [0.3, 0.4) is 0 Å². The highest BCUT2D eigenvalue weighted by molar-refractivity contribution is 5.75. The molecule has 0 unspecified atom stereocenters. The maximum atomic E-state index is 13.7. The van der Waals surface area contributed by atoms with Gasteiger partial charge in [-0.05, 0) is 42.7 Å². The quantitative estimate of drug-likeness (QED) is 0.790. The van der Waals surface area contributed by atoms with Crippen molar-refractivity contribution in [3.8, 4) is 5.75 Å². The van der Waals surface area contributed by atoms with Crippen molar-refractivity contribution < 1.29 is 18.3 Å². The SMILES string of the molecule is Cc1cccc(C)c1COc1c(F)cc(C=O)cc1F. The van der Waals surface area contributed by atoms with Crippen LogP contribution in [0.4, 0.5) is 8.78 Å². The summed E-state index contributed by atoms with van der Waals surface area (Å²) in [5, 5.41) is 0. The summed E-state index contributed by atoms with van der Waals surface area (Å²) in [5.74, 6) is -2.21. The number of aldehydes is 1. The van der Waals surface area contributed by atoms with Crippen LogP contribution in [0, 0.1) is 25.5 Å². The van der Waals surface area contributed by atoms with Crippen molar-refractivity contribution in [2.45, 2.75) is 20.5 Å². The highest BCUT2D eigenvalue weighted by Crippen LogP contribution is 2.25. The van der Waals surface area contributed by atoms with Gasteiger partial charge in [-0.1, -0.05) is 18.2 Å². The van der Waals surface area contributed by atoms with Crippen molar-refractivity contribution in [2.75, 3.05) is 0 Å². The van der Waals surface area contributed by atoms with Crippen LogP contribution in [0.5, 0.6) is 5.75 Å². The molecule has 0 bridgehead atoms. The van der Waals surface area contributed by atoms with Gasteiger partial charge in [0.2, 0.25) is 0 Å². The van der Waals surface area contributed by atoms with Gasteiger partial charge in [0.25, 0.3) is 0 Å². The van der Waals surface area contributed by atoms with Crippen LogP contribution in [0.2, 0.25) is 0 Å². The molecule has 2 rings (SSSR count). The number of carbonyl (C=O) groups excluding carboxylic acids is 1. The Balaban J connectivity index is 2.26. The fourth-order valence-corrected chi connectivity index (χ4v) is 2.01. The Kier molecular flexibility index (Phi) is 4.13. The van der Waals surface area contributed by atoms with E-state index < -0.39 is 17.4 Å². The van der Waals surface area contributed by atoms with Gasteiger partial charge in [0.05, 0.1) is 0 Å². The number of hydrogen-bond acceptors (Lipinski definition) is 2. The van der Waals surface area contributed by atoms with Gasteiger partial charge >= 0.3 is 0 Å². The summed E-state index contributed by atoms with van der Waals surface area (Å²) in [6.45, 7) is 3.90. The minimum atomic E-state index is -0.877. The van der Waals surface area contributed by atoms with E-state index in [1.807, 2.05) is 32.0 Å². The number of hydrogen-bond donors (Lipinski definition) is 0. The molecule has 0 atom stereocenters. The second kappa shape index (κ2) is 5.82. The Bertz CT molecular complexity index is 608. The van der Waals surface area contributed by atoms with Crippen LogP contribution in [-0.4, -0.2) is 6.29 Å². The maximum Gasteiger partial charge on any atom is 0.191 e. The van der Waals surface area contributed by atoms with Gasteiger partial charge in [0, 0.05) is 5.56 Å². The summed E-state index contributed by atoms with van der Waals surface area (Å²) in [6.07, 6.45) is 0.390. The Morgan fingerprint density at radius 3 is 2.15 bits per heavy atom. The molecule has 0 aromatic heterocycles. The smallest absolute Gasteiger partial charge is 0.191 e. The predicted octanol–water partition coefficient (Wildman–Crippen LogP) is 3.97. The van der Waals surface area contributed by atoms with Gasteiger partial charge in [-0.3, -0.25) is 4.79 Å². The molecule has 0 fully saturated rings. The van der Waals surface area contributed by atoms with Crippen molar-refractivity contribution in [3.05, 3.63) is 64.2 Å². The molecule has 0 radical (unpaired) electrons. The highest BCUT2D eigenvalue weighted by atomic mass is 19.1. The number of benzene rings is 2. The van der Waals surface area contributed by atoms with E-state index in [1.54, 1.807) is 0 Å². The summed E-state index contributed by atoms with van der Waals surface area (Å²) in [5.41, 5.74) is 2.83. The van der Waals surface area contributed by atoms with Gasteiger partial charge < -0.3 is 4.74 Å². The van der Waals surface area contributed by atoms with E-state index in [-0.39, 0.29) is 12.2 Å². The van der Waals surface area contributed by atoms with Gasteiger partial charge in [0.15, 0.2) is 17.4 Å². The van der Waals surface area contributed by atoms with Crippen molar-refractivity contribution in [3.63, 3.8) is 0 Å². The number of rotatable bonds is 4. The minimum Gasteiger partial charge on any atom is -0.483 e. The molecular weight excluding hydrogens is 262 g/mol. The van der Waals surface area contributed by atoms with E-state index in [2.05, 4.69) is 0 Å². The van der Waals surface area contributed by atoms with E-state index in [4.69, 9.17) is 4.74 Å². The monoisotopic (exact) mass is 276 g/mol. The first-order chi connectivity index (χ1) is 9.52. The highest BCUT2D eigenvalue weighted by Gasteiger charge is 2.13. The summed E-state index contributed by atoms with van der Waals surface area (Å²) in [4.78, 5) is 10.5. The zero-order valence-corrected chi connectivity index (χ0v) is 11.2. The lowest BCUT2D eigenvalue weighted by Gasteiger charge is -2.12. The minimum absolute atomic E-state index is 0.0561. The summed E-state index contributed by atoms with van der Waals surface area (Å²) in [6, 6.07) is 7.64. The second-order valence-electron chi connectivity index (χ2n) is 4.59. The van der Waals surface area contributed by atoms with Crippen LogP contribution >= 0.6 is 0 Å². The van der Waals surface area contributed by atoms with Gasteiger partial charge in [-0.2, -0.15) is 0 Å². The van der Waals surface area contributed by atoms with Gasteiger partial charge in [0.1, 0.15) is 12.9 Å². The van der Waals surface area contributed by atoms with Crippen LogP contribution in [0.25, 0.3) is 0 Å². The summed E-state index contributed by atoms with van der Waals surface area (Å²) < 4.78 is 32.6.